The van der Waals surface area contributed by atoms with Gasteiger partial charge in [-0.25, -0.2) is 15.0 Å². The number of hydrogen-bond acceptors (Lipinski definition) is 8. The Morgan fingerprint density at radius 1 is 1.11 bits per heavy atom. The minimum atomic E-state index is -1.25. The lowest BCUT2D eigenvalue weighted by molar-refractivity contribution is -0.0511. The van der Waals surface area contributed by atoms with Crippen LogP contribution in [-0.2, 0) is 11.2 Å². The molecular weight excluding hydrogens is 352 g/mol. The van der Waals surface area contributed by atoms with E-state index in [9.17, 15) is 20.1 Å². The van der Waals surface area contributed by atoms with Crippen LogP contribution in [0.1, 0.15) is 22.3 Å². The van der Waals surface area contributed by atoms with Crippen molar-refractivity contribution in [1.82, 2.24) is 19.5 Å². The molecule has 1 aliphatic rings. The molecule has 0 amide bonds. The summed E-state index contributed by atoms with van der Waals surface area (Å²) in [5.41, 5.74) is 1.82. The number of rotatable bonds is 5. The fourth-order valence-electron chi connectivity index (χ4n) is 3.20. The summed E-state index contributed by atoms with van der Waals surface area (Å²) in [5.74, 6) is -0.0990. The topological polar surface area (TPSA) is 131 Å². The van der Waals surface area contributed by atoms with Gasteiger partial charge in [0.25, 0.3) is 0 Å². The van der Waals surface area contributed by atoms with Gasteiger partial charge >= 0.3 is 0 Å². The fraction of sp³-hybridized carbons (Fsp3) is 0.333. The Morgan fingerprint density at radius 3 is 2.59 bits per heavy atom. The van der Waals surface area contributed by atoms with Crippen molar-refractivity contribution in [1.29, 1.82) is 0 Å². The van der Waals surface area contributed by atoms with Crippen molar-refractivity contribution in [2.75, 3.05) is 6.61 Å². The van der Waals surface area contributed by atoms with Gasteiger partial charge in [-0.1, -0.05) is 30.3 Å². The molecule has 27 heavy (non-hydrogen) atoms. The number of ketones is 1. The Bertz CT molecular complexity index is 961. The number of carbonyl (C=O) groups is 1. The van der Waals surface area contributed by atoms with E-state index in [1.807, 2.05) is 6.07 Å². The predicted octanol–water partition coefficient (Wildman–Crippen LogP) is -0.137. The van der Waals surface area contributed by atoms with E-state index in [2.05, 4.69) is 15.0 Å². The number of aliphatic hydroxyl groups excluding tert-OH is 3. The molecule has 2 aromatic heterocycles. The minimum absolute atomic E-state index is 0.0516. The lowest BCUT2D eigenvalue weighted by atomic mass is 10.1. The molecule has 4 unspecified atom stereocenters. The first-order valence-corrected chi connectivity index (χ1v) is 8.47. The van der Waals surface area contributed by atoms with Gasteiger partial charge in [0.1, 0.15) is 30.2 Å². The highest BCUT2D eigenvalue weighted by molar-refractivity contribution is 5.98. The Hall–Kier alpha value is -2.72. The zero-order chi connectivity index (χ0) is 19.0. The number of imidazole rings is 1. The van der Waals surface area contributed by atoms with Crippen LogP contribution in [0.25, 0.3) is 11.2 Å². The van der Waals surface area contributed by atoms with E-state index in [-0.39, 0.29) is 12.2 Å². The van der Waals surface area contributed by atoms with Gasteiger partial charge in [0.05, 0.1) is 25.0 Å². The predicted molar refractivity (Wildman–Crippen MR) is 92.8 cm³/mol. The summed E-state index contributed by atoms with van der Waals surface area (Å²) >= 11 is 0. The van der Waals surface area contributed by atoms with Gasteiger partial charge in [-0.05, 0) is 0 Å². The van der Waals surface area contributed by atoms with Crippen molar-refractivity contribution in [2.45, 2.75) is 31.0 Å². The number of aromatic nitrogens is 4. The van der Waals surface area contributed by atoms with E-state index in [0.717, 1.165) is 0 Å². The summed E-state index contributed by atoms with van der Waals surface area (Å²) in [6, 6.07) is 8.89. The molecule has 1 fully saturated rings. The molecule has 0 bridgehead atoms. The highest BCUT2D eigenvalue weighted by Crippen LogP contribution is 2.31. The number of Topliss-reactive ketones (excluding diaryl/α,β-unsaturated/α-hetero) is 1. The van der Waals surface area contributed by atoms with E-state index in [1.54, 1.807) is 24.3 Å². The fourth-order valence-corrected chi connectivity index (χ4v) is 3.20. The summed E-state index contributed by atoms with van der Waals surface area (Å²) in [6.45, 7) is -0.423. The standard InChI is InChI=1S/C18H18N4O5/c23-7-13-15(25)16(26)18(27-13)22-9-21-14-11(19-8-20-17(14)22)6-12(24)10-4-2-1-3-5-10/h1-5,8-9,13,15-16,18,23,25-26H,6-7H2. The van der Waals surface area contributed by atoms with Crippen LogP contribution in [0, 0.1) is 0 Å². The SMILES string of the molecule is O=C(Cc1ncnc2c1ncn2C1OC(CO)C(O)C1O)c1ccccc1. The highest BCUT2D eigenvalue weighted by atomic mass is 16.6. The molecule has 1 aromatic carbocycles. The second kappa shape index (κ2) is 7.12. The molecule has 0 saturated carbocycles. The molecule has 3 aromatic rings. The number of aliphatic hydroxyl groups is 3. The van der Waals surface area contributed by atoms with Crippen LogP contribution in [-0.4, -0.2) is 65.5 Å². The maximum Gasteiger partial charge on any atom is 0.168 e. The third-order valence-electron chi connectivity index (χ3n) is 4.65. The molecule has 9 heteroatoms. The van der Waals surface area contributed by atoms with E-state index in [0.29, 0.717) is 22.4 Å². The lowest BCUT2D eigenvalue weighted by Crippen LogP contribution is -2.33. The Labute approximate surface area is 153 Å². The molecule has 3 heterocycles. The van der Waals surface area contributed by atoms with E-state index in [4.69, 9.17) is 4.74 Å². The molecule has 9 nitrogen and oxygen atoms in total. The quantitative estimate of drug-likeness (QED) is 0.529. The first-order valence-electron chi connectivity index (χ1n) is 8.47. The number of benzene rings is 1. The van der Waals surface area contributed by atoms with Crippen LogP contribution >= 0.6 is 0 Å². The second-order valence-corrected chi connectivity index (χ2v) is 6.34. The van der Waals surface area contributed by atoms with Crippen molar-refractivity contribution in [3.63, 3.8) is 0 Å². The number of nitrogens with zero attached hydrogens (tertiary/aromatic N) is 4. The van der Waals surface area contributed by atoms with E-state index in [1.165, 1.54) is 17.2 Å². The zero-order valence-corrected chi connectivity index (χ0v) is 14.2. The first-order chi connectivity index (χ1) is 13.1. The smallest absolute Gasteiger partial charge is 0.168 e. The van der Waals surface area contributed by atoms with Gasteiger partial charge in [0.15, 0.2) is 17.7 Å². The van der Waals surface area contributed by atoms with Crippen LogP contribution in [0.2, 0.25) is 0 Å². The Morgan fingerprint density at radius 2 is 1.89 bits per heavy atom. The van der Waals surface area contributed by atoms with Crippen LogP contribution < -0.4 is 0 Å². The molecule has 1 aliphatic heterocycles. The van der Waals surface area contributed by atoms with Crippen molar-refractivity contribution >= 4 is 16.9 Å². The molecule has 4 rings (SSSR count). The van der Waals surface area contributed by atoms with E-state index >= 15 is 0 Å². The van der Waals surface area contributed by atoms with Crippen molar-refractivity contribution in [3.05, 3.63) is 54.2 Å². The zero-order valence-electron chi connectivity index (χ0n) is 14.2. The average Bonchev–Trinajstić information content (AvgIpc) is 3.25. The average molecular weight is 370 g/mol. The monoisotopic (exact) mass is 370 g/mol. The summed E-state index contributed by atoms with van der Waals surface area (Å²) in [5, 5.41) is 29.4. The Balaban J connectivity index is 1.65. The summed E-state index contributed by atoms with van der Waals surface area (Å²) < 4.78 is 6.99. The molecule has 1 saturated heterocycles. The van der Waals surface area contributed by atoms with Crippen LogP contribution in [0.5, 0.6) is 0 Å². The summed E-state index contributed by atoms with van der Waals surface area (Å²) in [6.07, 6.45) is -1.54. The van der Waals surface area contributed by atoms with Gasteiger partial charge in [0.2, 0.25) is 0 Å². The van der Waals surface area contributed by atoms with Gasteiger partial charge in [-0.3, -0.25) is 9.36 Å². The maximum atomic E-state index is 12.5. The molecule has 3 N–H and O–H groups in total. The largest absolute Gasteiger partial charge is 0.394 e. The van der Waals surface area contributed by atoms with Crippen LogP contribution in [0.3, 0.4) is 0 Å². The second-order valence-electron chi connectivity index (χ2n) is 6.34. The highest BCUT2D eigenvalue weighted by Gasteiger charge is 2.44. The van der Waals surface area contributed by atoms with Crippen molar-refractivity contribution in [3.8, 4) is 0 Å². The Kier molecular flexibility index (Phi) is 4.66. The third-order valence-corrected chi connectivity index (χ3v) is 4.65. The number of carbonyl (C=O) groups excluding carboxylic acids is 1. The van der Waals surface area contributed by atoms with Gasteiger partial charge in [-0.15, -0.1) is 0 Å². The van der Waals surface area contributed by atoms with Gasteiger partial charge < -0.3 is 20.1 Å². The molecule has 0 aliphatic carbocycles. The van der Waals surface area contributed by atoms with E-state index < -0.39 is 31.1 Å². The van der Waals surface area contributed by atoms with Gasteiger partial charge in [0, 0.05) is 5.56 Å². The maximum absolute atomic E-state index is 12.5. The molecule has 0 radical (unpaired) electrons. The number of ether oxygens (including phenoxy) is 1. The van der Waals surface area contributed by atoms with Crippen molar-refractivity contribution < 1.29 is 24.9 Å². The van der Waals surface area contributed by atoms with Crippen LogP contribution in [0.15, 0.2) is 43.0 Å². The first kappa shape index (κ1) is 17.7. The van der Waals surface area contributed by atoms with Gasteiger partial charge in [-0.2, -0.15) is 0 Å². The lowest BCUT2D eigenvalue weighted by Gasteiger charge is -2.16. The number of fused-ring (bicyclic) bond motifs is 1. The van der Waals surface area contributed by atoms with Crippen molar-refractivity contribution in [2.24, 2.45) is 0 Å². The molecule has 4 atom stereocenters. The normalized spacial score (nSPS) is 25.1. The third kappa shape index (κ3) is 3.10. The summed E-state index contributed by atoms with van der Waals surface area (Å²) in [7, 11) is 0. The molecule has 140 valence electrons. The summed E-state index contributed by atoms with van der Waals surface area (Å²) in [4.78, 5) is 25.1. The van der Waals surface area contributed by atoms with Crippen LogP contribution in [0.4, 0.5) is 0 Å². The minimum Gasteiger partial charge on any atom is -0.394 e. The molecular formula is C18H18N4O5. The number of hydrogen-bond donors (Lipinski definition) is 3. The molecule has 0 spiro atoms.